The minimum Gasteiger partial charge on any atom is -0.387 e. The third kappa shape index (κ3) is 2.61. The Bertz CT molecular complexity index is 928. The zero-order valence-corrected chi connectivity index (χ0v) is 12.6. The minimum absolute atomic E-state index is 0.133. The summed E-state index contributed by atoms with van der Waals surface area (Å²) in [5, 5.41) is 29.5. The molecule has 1 saturated heterocycles. The number of H-pyrrole nitrogens is 2. The molecule has 0 aliphatic carbocycles. The lowest BCUT2D eigenvalue weighted by Crippen LogP contribution is -2.38. The van der Waals surface area contributed by atoms with Crippen molar-refractivity contribution in [3.8, 4) is 0 Å². The van der Waals surface area contributed by atoms with E-state index in [4.69, 9.17) is 14.5 Å². The Labute approximate surface area is 131 Å². The second-order valence-electron chi connectivity index (χ2n) is 5.23. The fraction of sp³-hybridized carbons (Fsp3) is 0.500. The van der Waals surface area contributed by atoms with Gasteiger partial charge in [-0.3, -0.25) is 23.9 Å². The minimum atomic E-state index is -5.02. The molecule has 1 aliphatic heterocycles. The van der Waals surface area contributed by atoms with Crippen molar-refractivity contribution in [1.82, 2.24) is 19.5 Å². The number of aromatic amines is 2. The monoisotopic (exact) mass is 364 g/mol. The van der Waals surface area contributed by atoms with Gasteiger partial charge < -0.3 is 29.8 Å². The van der Waals surface area contributed by atoms with E-state index >= 15 is 0 Å². The molecule has 13 nitrogen and oxygen atoms in total. The number of nitrogens with one attached hydrogen (secondary N) is 2. The molecule has 14 heteroatoms. The molecule has 132 valence electrons. The third-order valence-electron chi connectivity index (χ3n) is 3.66. The summed E-state index contributed by atoms with van der Waals surface area (Å²) < 4.78 is 17.3. The molecule has 7 N–H and O–H groups in total. The van der Waals surface area contributed by atoms with Gasteiger partial charge in [-0.2, -0.15) is 0 Å². The maximum Gasteiger partial charge on any atom is 0.356 e. The van der Waals surface area contributed by atoms with Gasteiger partial charge in [-0.05, 0) is 0 Å². The number of nitrogens with zero attached hydrogens (tertiary/aromatic N) is 2. The smallest absolute Gasteiger partial charge is 0.356 e. The summed E-state index contributed by atoms with van der Waals surface area (Å²) in [6.07, 6.45) is -5.76. The maximum atomic E-state index is 11.6. The van der Waals surface area contributed by atoms with Gasteiger partial charge in [0.05, 0.1) is 6.33 Å². The summed E-state index contributed by atoms with van der Waals surface area (Å²) in [5.74, 6) is -2.37. The molecular formula is C10H13N4O9P. The van der Waals surface area contributed by atoms with Crippen LogP contribution in [-0.4, -0.2) is 68.8 Å². The third-order valence-corrected chi connectivity index (χ3v) is 4.64. The van der Waals surface area contributed by atoms with E-state index in [2.05, 4.69) is 9.97 Å². The van der Waals surface area contributed by atoms with E-state index in [1.54, 1.807) is 0 Å². The summed E-state index contributed by atoms with van der Waals surface area (Å²) in [6.45, 7) is 0. The lowest BCUT2D eigenvalue weighted by molar-refractivity contribution is -0.0664. The van der Waals surface area contributed by atoms with Crippen LogP contribution in [0.2, 0.25) is 0 Å². The first-order chi connectivity index (χ1) is 11.1. The fourth-order valence-corrected chi connectivity index (χ4v) is 3.13. The molecule has 0 radical (unpaired) electrons. The van der Waals surface area contributed by atoms with Crippen LogP contribution in [0.1, 0.15) is 6.23 Å². The molecule has 0 spiro atoms. The van der Waals surface area contributed by atoms with Gasteiger partial charge in [-0.25, -0.2) is 9.78 Å². The second kappa shape index (κ2) is 5.60. The van der Waals surface area contributed by atoms with E-state index in [1.165, 1.54) is 0 Å². The molecule has 24 heavy (non-hydrogen) atoms. The van der Waals surface area contributed by atoms with E-state index in [9.17, 15) is 29.5 Å². The number of aliphatic hydroxyl groups excluding tert-OH is 3. The van der Waals surface area contributed by atoms with Gasteiger partial charge in [0, 0.05) is 0 Å². The number of hydrogen-bond donors (Lipinski definition) is 7. The van der Waals surface area contributed by atoms with E-state index in [1.807, 2.05) is 4.98 Å². The van der Waals surface area contributed by atoms with Crippen LogP contribution in [0.25, 0.3) is 11.2 Å². The van der Waals surface area contributed by atoms with Gasteiger partial charge in [-0.1, -0.05) is 0 Å². The Morgan fingerprint density at radius 3 is 2.54 bits per heavy atom. The summed E-state index contributed by atoms with van der Waals surface area (Å²) in [4.78, 5) is 48.9. The highest BCUT2D eigenvalue weighted by Gasteiger charge is 2.51. The SMILES string of the molecule is O=c1[nH]c(=O)c2ncn([C@@H]3O[C@H](C(O)P(=O)(O)O)[C@@H](O)[C@H]3O)c2[nH]1. The Kier molecular flexibility index (Phi) is 3.96. The van der Waals surface area contributed by atoms with Crippen molar-refractivity contribution in [2.75, 3.05) is 0 Å². The first kappa shape index (κ1) is 17.0. The molecule has 2 aromatic heterocycles. The average molecular weight is 364 g/mol. The van der Waals surface area contributed by atoms with Gasteiger partial charge >= 0.3 is 13.3 Å². The molecule has 1 fully saturated rings. The number of fused-ring (bicyclic) bond motifs is 1. The Balaban J connectivity index is 2.04. The lowest BCUT2D eigenvalue weighted by atomic mass is 10.1. The normalized spacial score (nSPS) is 29.2. The van der Waals surface area contributed by atoms with Gasteiger partial charge in [0.2, 0.25) is 0 Å². The highest BCUT2D eigenvalue weighted by atomic mass is 31.2. The van der Waals surface area contributed by atoms with Crippen LogP contribution >= 0.6 is 7.60 Å². The van der Waals surface area contributed by atoms with Gasteiger partial charge in [0.25, 0.3) is 5.56 Å². The van der Waals surface area contributed by atoms with Crippen molar-refractivity contribution in [3.05, 3.63) is 27.2 Å². The standard InChI is InChI=1S/C10H13N4O9P/c15-3-4(16)8(23-5(3)9(18)24(20,21)22)14-1-11-2-6(14)12-10(19)13-7(2)17/h1,3-5,8-9,15-16,18H,(H2,20,21,22)(H2,12,13,17,19)/t3-,4+,5-,8+,9?/m0/s1. The maximum absolute atomic E-state index is 11.6. The van der Waals surface area contributed by atoms with E-state index in [0.717, 1.165) is 10.9 Å². The Morgan fingerprint density at radius 2 is 1.92 bits per heavy atom. The van der Waals surface area contributed by atoms with Crippen LogP contribution in [0.15, 0.2) is 15.9 Å². The molecule has 0 amide bonds. The average Bonchev–Trinajstić information content (AvgIpc) is 3.00. The van der Waals surface area contributed by atoms with Crippen molar-refractivity contribution in [2.24, 2.45) is 0 Å². The van der Waals surface area contributed by atoms with Crippen molar-refractivity contribution in [3.63, 3.8) is 0 Å². The molecule has 0 saturated carbocycles. The van der Waals surface area contributed by atoms with Crippen LogP contribution in [0.4, 0.5) is 0 Å². The zero-order chi connectivity index (χ0) is 17.8. The van der Waals surface area contributed by atoms with Crippen LogP contribution in [0.3, 0.4) is 0 Å². The van der Waals surface area contributed by atoms with Crippen LogP contribution in [-0.2, 0) is 9.30 Å². The van der Waals surface area contributed by atoms with Crippen molar-refractivity contribution < 1.29 is 34.4 Å². The predicted octanol–water partition coefficient (Wildman–Crippen LogP) is -3.47. The summed E-state index contributed by atoms with van der Waals surface area (Å²) >= 11 is 0. The molecule has 3 heterocycles. The molecule has 1 unspecified atom stereocenters. The van der Waals surface area contributed by atoms with Crippen molar-refractivity contribution >= 4 is 18.8 Å². The van der Waals surface area contributed by atoms with Gasteiger partial charge in [-0.15, -0.1) is 0 Å². The number of hydrogen-bond acceptors (Lipinski definition) is 8. The highest BCUT2D eigenvalue weighted by molar-refractivity contribution is 7.52. The summed E-state index contributed by atoms with van der Waals surface area (Å²) in [7, 11) is -5.02. The quantitative estimate of drug-likeness (QED) is 0.267. The zero-order valence-electron chi connectivity index (χ0n) is 11.7. The molecule has 1 aliphatic rings. The molecular weight excluding hydrogens is 351 g/mol. The largest absolute Gasteiger partial charge is 0.387 e. The van der Waals surface area contributed by atoms with E-state index in [0.29, 0.717) is 0 Å². The fourth-order valence-electron chi connectivity index (χ4n) is 2.50. The van der Waals surface area contributed by atoms with E-state index in [-0.39, 0.29) is 11.2 Å². The van der Waals surface area contributed by atoms with Crippen molar-refractivity contribution in [1.29, 1.82) is 0 Å². The molecule has 5 atom stereocenters. The second-order valence-corrected chi connectivity index (χ2v) is 6.94. The first-order valence-corrected chi connectivity index (χ1v) is 8.23. The van der Waals surface area contributed by atoms with Crippen LogP contribution < -0.4 is 11.2 Å². The van der Waals surface area contributed by atoms with Crippen molar-refractivity contribution in [2.45, 2.75) is 30.4 Å². The summed E-state index contributed by atoms with van der Waals surface area (Å²) in [5.41, 5.74) is -1.97. The topological polar surface area (TPSA) is 211 Å². The molecule has 0 aromatic carbocycles. The predicted molar refractivity (Wildman–Crippen MR) is 74.9 cm³/mol. The van der Waals surface area contributed by atoms with E-state index < -0.39 is 49.2 Å². The molecule has 2 aromatic rings. The number of ether oxygens (including phenoxy) is 1. The first-order valence-electron chi connectivity index (χ1n) is 6.55. The van der Waals surface area contributed by atoms with Crippen LogP contribution in [0, 0.1) is 0 Å². The Hall–Kier alpha value is -1.86. The summed E-state index contributed by atoms with van der Waals surface area (Å²) in [6, 6.07) is 0. The van der Waals surface area contributed by atoms with Gasteiger partial charge in [0.1, 0.15) is 24.0 Å². The molecule has 0 bridgehead atoms. The van der Waals surface area contributed by atoms with Crippen LogP contribution in [0.5, 0.6) is 0 Å². The Morgan fingerprint density at radius 1 is 1.25 bits per heavy atom. The number of aliphatic hydroxyl groups is 3. The highest BCUT2D eigenvalue weighted by Crippen LogP contribution is 2.46. The number of imidazole rings is 1. The number of rotatable bonds is 3. The molecule has 3 rings (SSSR count). The lowest BCUT2D eigenvalue weighted by Gasteiger charge is -2.21. The number of aromatic nitrogens is 4. The van der Waals surface area contributed by atoms with Gasteiger partial charge in [0.15, 0.2) is 17.6 Å².